The fourth-order valence-corrected chi connectivity index (χ4v) is 2.48. The van der Waals surface area contributed by atoms with Gasteiger partial charge in [-0.1, -0.05) is 12.8 Å². The van der Waals surface area contributed by atoms with Crippen molar-refractivity contribution in [1.29, 1.82) is 0 Å². The van der Waals surface area contributed by atoms with Crippen LogP contribution in [0.1, 0.15) is 36.1 Å². The zero-order valence-electron chi connectivity index (χ0n) is 8.71. The molecule has 1 aromatic heterocycles. The van der Waals surface area contributed by atoms with Gasteiger partial charge in [-0.3, -0.25) is 0 Å². The third-order valence-electron chi connectivity index (χ3n) is 2.66. The van der Waals surface area contributed by atoms with Crippen molar-refractivity contribution in [2.75, 3.05) is 0 Å². The zero-order valence-corrected chi connectivity index (χ0v) is 9.53. The van der Waals surface area contributed by atoms with Gasteiger partial charge in [0.15, 0.2) is 5.01 Å². The van der Waals surface area contributed by atoms with Gasteiger partial charge in [0.1, 0.15) is 0 Å². The average Bonchev–Trinajstić information content (AvgIpc) is 2.79. The quantitative estimate of drug-likeness (QED) is 0.895. The summed E-state index contributed by atoms with van der Waals surface area (Å²) in [6, 6.07) is 0. The lowest BCUT2D eigenvalue weighted by atomic mass is 9.98. The molecule has 1 aliphatic carbocycles. The summed E-state index contributed by atoms with van der Waals surface area (Å²) in [6.45, 7) is 1.55. The van der Waals surface area contributed by atoms with Crippen molar-refractivity contribution in [2.24, 2.45) is 5.92 Å². The third kappa shape index (κ3) is 2.55. The number of alkyl halides is 3. The Balaban J connectivity index is 2.16. The van der Waals surface area contributed by atoms with E-state index in [1.165, 1.54) is 0 Å². The van der Waals surface area contributed by atoms with Crippen LogP contribution in [0, 0.1) is 5.92 Å². The molecule has 1 aromatic rings. The Labute approximate surface area is 95.1 Å². The minimum Gasteiger partial charge on any atom is -0.385 e. The summed E-state index contributed by atoms with van der Waals surface area (Å²) in [5.41, 5.74) is -1.18. The van der Waals surface area contributed by atoms with Crippen LogP contribution < -0.4 is 0 Å². The number of halogens is 3. The molecular formula is C10H12F3NOS. The van der Waals surface area contributed by atoms with Gasteiger partial charge in [-0.2, -0.15) is 13.2 Å². The highest BCUT2D eigenvalue weighted by Crippen LogP contribution is 2.43. The molecule has 2 nitrogen and oxygen atoms in total. The van der Waals surface area contributed by atoms with Crippen LogP contribution in [-0.2, 0) is 11.8 Å². The van der Waals surface area contributed by atoms with Crippen LogP contribution in [0.25, 0.3) is 0 Å². The van der Waals surface area contributed by atoms with E-state index in [0.29, 0.717) is 28.6 Å². The first-order valence-electron chi connectivity index (χ1n) is 5.05. The Morgan fingerprint density at radius 2 is 2.12 bits per heavy atom. The maximum Gasteiger partial charge on any atom is 0.443 e. The van der Waals surface area contributed by atoms with E-state index >= 15 is 0 Å². The number of hydrogen-bond donors (Lipinski definition) is 1. The van der Waals surface area contributed by atoms with Gasteiger partial charge in [-0.15, -0.1) is 11.3 Å². The van der Waals surface area contributed by atoms with Crippen LogP contribution >= 0.6 is 11.3 Å². The van der Waals surface area contributed by atoms with E-state index < -0.39 is 16.8 Å². The van der Waals surface area contributed by atoms with Crippen LogP contribution in [0.2, 0.25) is 0 Å². The molecule has 16 heavy (non-hydrogen) atoms. The normalized spacial score (nSPS) is 20.8. The standard InChI is InChI=1S/C10H12F3NOS/c1-9(15,4-6-2-3-6)7-5-14-8(16-7)10(11,12)13/h5-6,15H,2-4H2,1H3. The van der Waals surface area contributed by atoms with Gasteiger partial charge in [0.2, 0.25) is 0 Å². The molecule has 90 valence electrons. The Kier molecular flexibility index (Phi) is 2.74. The predicted octanol–water partition coefficient (Wildman–Crippen LogP) is 3.17. The zero-order chi connectivity index (χ0) is 12.0. The molecule has 6 heteroatoms. The minimum absolute atomic E-state index is 0.298. The van der Waals surface area contributed by atoms with Crippen LogP contribution in [0.5, 0.6) is 0 Å². The van der Waals surface area contributed by atoms with Crippen molar-refractivity contribution in [1.82, 2.24) is 4.98 Å². The first kappa shape index (κ1) is 11.9. The summed E-state index contributed by atoms with van der Waals surface area (Å²) in [5, 5.41) is 9.19. The van der Waals surface area contributed by atoms with Crippen molar-refractivity contribution in [3.05, 3.63) is 16.1 Å². The van der Waals surface area contributed by atoms with E-state index in [4.69, 9.17) is 0 Å². The van der Waals surface area contributed by atoms with Gasteiger partial charge in [0.25, 0.3) is 0 Å². The van der Waals surface area contributed by atoms with Crippen molar-refractivity contribution >= 4 is 11.3 Å². The summed E-state index contributed by atoms with van der Waals surface area (Å²) in [7, 11) is 0. The SMILES string of the molecule is CC(O)(CC1CC1)c1cnc(C(F)(F)F)s1. The third-order valence-corrected chi connectivity index (χ3v) is 3.96. The van der Waals surface area contributed by atoms with Crippen molar-refractivity contribution in [2.45, 2.75) is 38.0 Å². The highest BCUT2D eigenvalue weighted by molar-refractivity contribution is 7.11. The lowest BCUT2D eigenvalue weighted by Crippen LogP contribution is -2.20. The molecule has 1 atom stereocenters. The summed E-state index contributed by atoms with van der Waals surface area (Å²) in [6.07, 6.45) is -0.650. The van der Waals surface area contributed by atoms with Crippen LogP contribution in [0.15, 0.2) is 6.20 Å². The highest BCUT2D eigenvalue weighted by Gasteiger charge is 2.39. The first-order chi connectivity index (χ1) is 7.29. The van der Waals surface area contributed by atoms with Gasteiger partial charge in [-0.25, -0.2) is 4.98 Å². The molecule has 1 saturated carbocycles. The number of aromatic nitrogens is 1. The molecule has 1 unspecified atom stereocenters. The van der Waals surface area contributed by atoms with E-state index in [9.17, 15) is 18.3 Å². The number of nitrogens with zero attached hydrogens (tertiary/aromatic N) is 1. The van der Waals surface area contributed by atoms with Crippen LogP contribution in [-0.4, -0.2) is 10.1 Å². The van der Waals surface area contributed by atoms with Crippen molar-refractivity contribution in [3.63, 3.8) is 0 Å². The molecule has 0 spiro atoms. The van der Waals surface area contributed by atoms with Gasteiger partial charge in [0.05, 0.1) is 10.5 Å². The van der Waals surface area contributed by atoms with E-state index in [2.05, 4.69) is 4.98 Å². The van der Waals surface area contributed by atoms with Gasteiger partial charge in [0, 0.05) is 6.20 Å². The molecule has 0 amide bonds. The van der Waals surface area contributed by atoms with Gasteiger partial charge in [-0.05, 0) is 19.3 Å². The molecule has 1 heterocycles. The summed E-state index contributed by atoms with van der Waals surface area (Å²) < 4.78 is 37.0. The minimum atomic E-state index is -4.42. The van der Waals surface area contributed by atoms with E-state index in [1.54, 1.807) is 6.92 Å². The summed E-state index contributed by atoms with van der Waals surface area (Å²) >= 11 is 0.530. The number of thiazole rings is 1. The monoisotopic (exact) mass is 251 g/mol. The lowest BCUT2D eigenvalue weighted by molar-refractivity contribution is -0.137. The molecule has 1 N–H and O–H groups in total. The molecule has 2 rings (SSSR count). The second-order valence-corrected chi connectivity index (χ2v) is 5.48. The fourth-order valence-electron chi connectivity index (χ4n) is 1.64. The second kappa shape index (κ2) is 3.70. The molecule has 1 fully saturated rings. The van der Waals surface area contributed by atoms with Gasteiger partial charge < -0.3 is 5.11 Å². The molecule has 0 saturated heterocycles. The maximum absolute atomic E-state index is 12.3. The second-order valence-electron chi connectivity index (χ2n) is 4.45. The fraction of sp³-hybridized carbons (Fsp3) is 0.700. The molecule has 1 aliphatic rings. The van der Waals surface area contributed by atoms with Crippen LogP contribution in [0.3, 0.4) is 0 Å². The largest absolute Gasteiger partial charge is 0.443 e. The highest BCUT2D eigenvalue weighted by atomic mass is 32.1. The lowest BCUT2D eigenvalue weighted by Gasteiger charge is -2.20. The summed E-state index contributed by atoms with van der Waals surface area (Å²) in [4.78, 5) is 3.61. The van der Waals surface area contributed by atoms with Crippen molar-refractivity contribution < 1.29 is 18.3 Å². The van der Waals surface area contributed by atoms with E-state index in [-0.39, 0.29) is 0 Å². The predicted molar refractivity (Wildman–Crippen MR) is 54.0 cm³/mol. The molecule has 0 bridgehead atoms. The molecular weight excluding hydrogens is 239 g/mol. The Morgan fingerprint density at radius 1 is 1.50 bits per heavy atom. The van der Waals surface area contributed by atoms with Crippen molar-refractivity contribution in [3.8, 4) is 0 Å². The van der Waals surface area contributed by atoms with E-state index in [0.717, 1.165) is 19.0 Å². The number of aliphatic hydroxyl groups is 1. The Morgan fingerprint density at radius 3 is 2.56 bits per heavy atom. The Bertz CT molecular complexity index is 382. The maximum atomic E-state index is 12.3. The first-order valence-corrected chi connectivity index (χ1v) is 5.86. The summed E-state index contributed by atoms with van der Waals surface area (Å²) in [5.74, 6) is 0.450. The topological polar surface area (TPSA) is 33.1 Å². The molecule has 0 aliphatic heterocycles. The van der Waals surface area contributed by atoms with E-state index in [1.807, 2.05) is 0 Å². The number of hydrogen-bond acceptors (Lipinski definition) is 3. The average molecular weight is 251 g/mol. The smallest absolute Gasteiger partial charge is 0.385 e. The van der Waals surface area contributed by atoms with Gasteiger partial charge >= 0.3 is 6.18 Å². The molecule has 0 radical (unpaired) electrons. The number of rotatable bonds is 3. The molecule has 0 aromatic carbocycles. The Hall–Kier alpha value is -0.620. The van der Waals surface area contributed by atoms with Crippen LogP contribution in [0.4, 0.5) is 13.2 Å².